The minimum atomic E-state index is -1.01. The summed E-state index contributed by atoms with van der Waals surface area (Å²) < 4.78 is 5.39. The quantitative estimate of drug-likeness (QED) is 0.893. The molecule has 2 aliphatic rings. The van der Waals surface area contributed by atoms with Crippen LogP contribution in [0, 0.1) is 0 Å². The van der Waals surface area contributed by atoms with Crippen molar-refractivity contribution in [2.24, 2.45) is 0 Å². The van der Waals surface area contributed by atoms with E-state index >= 15 is 0 Å². The van der Waals surface area contributed by atoms with Crippen LogP contribution < -0.4 is 5.32 Å². The molecule has 1 aromatic rings. The fraction of sp³-hybridized carbons (Fsp3) is 0.688. The van der Waals surface area contributed by atoms with E-state index in [4.69, 9.17) is 9.52 Å². The van der Waals surface area contributed by atoms with Crippen LogP contribution in [0.15, 0.2) is 16.5 Å². The number of piperidine rings is 2. The number of carbonyl (C=O) groups is 1. The minimum absolute atomic E-state index is 0.0129. The van der Waals surface area contributed by atoms with E-state index in [9.17, 15) is 4.79 Å². The first kappa shape index (κ1) is 14.6. The first-order chi connectivity index (χ1) is 10.0. The second-order valence-electron chi connectivity index (χ2n) is 6.47. The van der Waals surface area contributed by atoms with Crippen molar-refractivity contribution in [2.75, 3.05) is 7.05 Å². The summed E-state index contributed by atoms with van der Waals surface area (Å²) >= 11 is 0. The Kier molecular flexibility index (Phi) is 4.04. The lowest BCUT2D eigenvalue weighted by atomic mass is 9.82. The Morgan fingerprint density at radius 1 is 1.38 bits per heavy atom. The van der Waals surface area contributed by atoms with Crippen LogP contribution in [-0.2, 0) is 0 Å². The third-order valence-corrected chi connectivity index (χ3v) is 5.09. The molecule has 0 aliphatic carbocycles. The molecule has 1 aromatic heterocycles. The minimum Gasteiger partial charge on any atom is -0.475 e. The highest BCUT2D eigenvalue weighted by Gasteiger charge is 2.36. The van der Waals surface area contributed by atoms with Gasteiger partial charge in [0.05, 0.1) is 6.04 Å². The number of hydrogen-bond acceptors (Lipinski definition) is 4. The molecule has 2 aliphatic heterocycles. The summed E-state index contributed by atoms with van der Waals surface area (Å²) in [6, 6.07) is 5.20. The number of carboxylic acid groups (broad SMARTS) is 1. The topological polar surface area (TPSA) is 65.7 Å². The normalized spacial score (nSPS) is 31.0. The maximum atomic E-state index is 10.9. The molecule has 0 amide bonds. The number of nitrogens with one attached hydrogen (secondary N) is 1. The van der Waals surface area contributed by atoms with Crippen molar-refractivity contribution in [3.8, 4) is 0 Å². The first-order valence-corrected chi connectivity index (χ1v) is 7.85. The summed E-state index contributed by atoms with van der Waals surface area (Å²) in [5, 5.41) is 12.5. The summed E-state index contributed by atoms with van der Waals surface area (Å²) in [6.07, 6.45) is 6.28. The maximum absolute atomic E-state index is 10.9. The third kappa shape index (κ3) is 2.99. The second-order valence-corrected chi connectivity index (χ2v) is 6.47. The van der Waals surface area contributed by atoms with Gasteiger partial charge in [-0.2, -0.15) is 0 Å². The summed E-state index contributed by atoms with van der Waals surface area (Å²) in [5.74, 6) is -0.294. The molecule has 0 saturated carbocycles. The average molecular weight is 292 g/mol. The molecular formula is C16H24N2O3. The maximum Gasteiger partial charge on any atom is 0.371 e. The largest absolute Gasteiger partial charge is 0.475 e. The number of rotatable bonds is 4. The average Bonchev–Trinajstić information content (AvgIpc) is 2.90. The lowest BCUT2D eigenvalue weighted by Crippen LogP contribution is -2.54. The van der Waals surface area contributed by atoms with E-state index in [1.165, 1.54) is 38.2 Å². The Morgan fingerprint density at radius 2 is 2.05 bits per heavy atom. The number of aromatic carboxylic acids is 1. The standard InChI is InChI=1S/C16H24N2O3/c1-10(14-6-7-15(21-14)16(19)20)17-11-8-12-4-3-5-13(9-11)18(12)2/h6-7,10-13,17H,3-5,8-9H2,1-2H3,(H,19,20). The molecule has 2 saturated heterocycles. The predicted octanol–water partition coefficient (Wildman–Crippen LogP) is 2.64. The van der Waals surface area contributed by atoms with Crippen LogP contribution >= 0.6 is 0 Å². The molecule has 0 aromatic carbocycles. The summed E-state index contributed by atoms with van der Waals surface area (Å²) in [6.45, 7) is 2.04. The Morgan fingerprint density at radius 3 is 2.62 bits per heavy atom. The highest BCUT2D eigenvalue weighted by molar-refractivity contribution is 5.84. The van der Waals surface area contributed by atoms with Crippen molar-refractivity contribution < 1.29 is 14.3 Å². The lowest BCUT2D eigenvalue weighted by molar-refractivity contribution is 0.0455. The number of nitrogens with zero attached hydrogens (tertiary/aromatic N) is 1. The van der Waals surface area contributed by atoms with Crippen LogP contribution in [0.3, 0.4) is 0 Å². The molecule has 3 heterocycles. The molecule has 3 atom stereocenters. The second kappa shape index (κ2) is 5.81. The van der Waals surface area contributed by atoms with Gasteiger partial charge in [0, 0.05) is 18.1 Å². The van der Waals surface area contributed by atoms with Gasteiger partial charge in [-0.1, -0.05) is 6.42 Å². The smallest absolute Gasteiger partial charge is 0.371 e. The van der Waals surface area contributed by atoms with Gasteiger partial charge in [0.2, 0.25) is 5.76 Å². The van der Waals surface area contributed by atoms with Crippen LogP contribution in [0.4, 0.5) is 0 Å². The highest BCUT2D eigenvalue weighted by Crippen LogP contribution is 2.33. The van der Waals surface area contributed by atoms with Gasteiger partial charge in [-0.05, 0) is 51.8 Å². The lowest BCUT2D eigenvalue weighted by Gasteiger charge is -2.47. The van der Waals surface area contributed by atoms with Gasteiger partial charge >= 0.3 is 5.97 Å². The van der Waals surface area contributed by atoms with Crippen molar-refractivity contribution in [1.82, 2.24) is 10.2 Å². The molecule has 21 heavy (non-hydrogen) atoms. The van der Waals surface area contributed by atoms with E-state index in [0.29, 0.717) is 23.9 Å². The molecular weight excluding hydrogens is 268 g/mol. The fourth-order valence-corrected chi connectivity index (χ4v) is 3.89. The Labute approximate surface area is 125 Å². The number of hydrogen-bond donors (Lipinski definition) is 2. The van der Waals surface area contributed by atoms with E-state index in [1.807, 2.05) is 6.92 Å². The zero-order valence-electron chi connectivity index (χ0n) is 12.7. The van der Waals surface area contributed by atoms with Crippen LogP contribution in [-0.4, -0.2) is 41.1 Å². The molecule has 5 heteroatoms. The van der Waals surface area contributed by atoms with E-state index in [2.05, 4.69) is 17.3 Å². The molecule has 2 fully saturated rings. The molecule has 0 radical (unpaired) electrons. The molecule has 0 spiro atoms. The van der Waals surface area contributed by atoms with Crippen molar-refractivity contribution >= 4 is 5.97 Å². The third-order valence-electron chi connectivity index (χ3n) is 5.09. The summed E-state index contributed by atoms with van der Waals surface area (Å²) in [4.78, 5) is 13.4. The van der Waals surface area contributed by atoms with E-state index in [1.54, 1.807) is 6.07 Å². The van der Waals surface area contributed by atoms with Gasteiger partial charge in [0.1, 0.15) is 5.76 Å². The van der Waals surface area contributed by atoms with E-state index < -0.39 is 5.97 Å². The fourth-order valence-electron chi connectivity index (χ4n) is 3.89. The van der Waals surface area contributed by atoms with Gasteiger partial charge in [-0.3, -0.25) is 0 Å². The van der Waals surface area contributed by atoms with Gasteiger partial charge in [-0.15, -0.1) is 0 Å². The zero-order valence-corrected chi connectivity index (χ0v) is 12.7. The van der Waals surface area contributed by atoms with Crippen molar-refractivity contribution in [3.05, 3.63) is 23.7 Å². The van der Waals surface area contributed by atoms with Crippen molar-refractivity contribution in [2.45, 2.75) is 63.2 Å². The predicted molar refractivity (Wildman–Crippen MR) is 79.4 cm³/mol. The zero-order chi connectivity index (χ0) is 15.0. The number of fused-ring (bicyclic) bond motifs is 2. The van der Waals surface area contributed by atoms with Crippen molar-refractivity contribution in [1.29, 1.82) is 0 Å². The molecule has 2 bridgehead atoms. The first-order valence-electron chi connectivity index (χ1n) is 7.85. The van der Waals surface area contributed by atoms with Crippen molar-refractivity contribution in [3.63, 3.8) is 0 Å². The van der Waals surface area contributed by atoms with Gasteiger partial charge in [0.25, 0.3) is 0 Å². The number of furan rings is 1. The summed E-state index contributed by atoms with van der Waals surface area (Å²) in [5.41, 5.74) is 0. The highest BCUT2D eigenvalue weighted by atomic mass is 16.4. The van der Waals surface area contributed by atoms with Crippen LogP contribution in [0.25, 0.3) is 0 Å². The van der Waals surface area contributed by atoms with Gasteiger partial charge in [-0.25, -0.2) is 4.79 Å². The molecule has 3 unspecified atom stereocenters. The Balaban J connectivity index is 1.62. The molecule has 116 valence electrons. The SMILES string of the molecule is CC(NC1CC2CCCC(C1)N2C)c1ccc(C(=O)O)o1. The van der Waals surface area contributed by atoms with Gasteiger partial charge < -0.3 is 19.7 Å². The summed E-state index contributed by atoms with van der Waals surface area (Å²) in [7, 11) is 2.25. The van der Waals surface area contributed by atoms with E-state index in [0.717, 1.165) is 0 Å². The molecule has 2 N–H and O–H groups in total. The Hall–Kier alpha value is -1.33. The molecule has 5 nitrogen and oxygen atoms in total. The van der Waals surface area contributed by atoms with Gasteiger partial charge in [0.15, 0.2) is 0 Å². The number of carboxylic acids is 1. The van der Waals surface area contributed by atoms with E-state index in [-0.39, 0.29) is 11.8 Å². The molecule has 3 rings (SSSR count). The Bertz CT molecular complexity index is 499. The van der Waals surface area contributed by atoms with Crippen LogP contribution in [0.1, 0.15) is 61.4 Å². The monoisotopic (exact) mass is 292 g/mol. The van der Waals surface area contributed by atoms with Crippen LogP contribution in [0.2, 0.25) is 0 Å². The van der Waals surface area contributed by atoms with Crippen LogP contribution in [0.5, 0.6) is 0 Å².